The number of nitrogens with zero attached hydrogens (tertiary/aromatic N) is 1. The van der Waals surface area contributed by atoms with Crippen LogP contribution in [0.4, 0.5) is 0 Å². The van der Waals surface area contributed by atoms with Crippen LogP contribution in [0, 0.1) is 0 Å². The molecule has 0 aliphatic heterocycles. The summed E-state index contributed by atoms with van der Waals surface area (Å²) in [6.45, 7) is 0. The molecule has 1 heterocycles. The zero-order valence-corrected chi connectivity index (χ0v) is 11.5. The fourth-order valence-electron chi connectivity index (χ4n) is 2.53. The van der Waals surface area contributed by atoms with Crippen LogP contribution in [-0.4, -0.2) is 17.1 Å². The van der Waals surface area contributed by atoms with E-state index in [4.69, 9.17) is 4.74 Å². The van der Waals surface area contributed by atoms with Crippen LogP contribution >= 0.6 is 0 Å². The number of imidazole rings is 1. The highest BCUT2D eigenvalue weighted by Crippen LogP contribution is 2.25. The van der Waals surface area contributed by atoms with Crippen LogP contribution in [-0.2, 0) is 11.2 Å². The molecule has 0 radical (unpaired) electrons. The summed E-state index contributed by atoms with van der Waals surface area (Å²) in [6, 6.07) is 14.9. The topological polar surface area (TPSA) is 37.9 Å². The number of nitrogens with one attached hydrogen (secondary N) is 1. The molecular formula is C17H18N2O. The summed E-state index contributed by atoms with van der Waals surface area (Å²) < 4.78 is 5.64. The van der Waals surface area contributed by atoms with Gasteiger partial charge in [-0.25, -0.2) is 4.98 Å². The molecule has 3 rings (SSSR count). The zero-order chi connectivity index (χ0) is 13.8. The van der Waals surface area contributed by atoms with E-state index in [1.807, 2.05) is 6.20 Å². The maximum Gasteiger partial charge on any atom is 0.106 e. The van der Waals surface area contributed by atoms with E-state index in [1.54, 1.807) is 13.3 Å². The highest BCUT2D eigenvalue weighted by molar-refractivity contribution is 5.83. The molecule has 1 unspecified atom stereocenters. The molecule has 1 N–H and O–H groups in total. The van der Waals surface area contributed by atoms with Gasteiger partial charge in [0.05, 0.1) is 6.10 Å². The first-order chi connectivity index (χ1) is 9.86. The normalized spacial score (nSPS) is 12.7. The fraction of sp³-hybridized carbons (Fsp3) is 0.235. The SMILES string of the molecule is COC(CCc1ncc[nH]1)c1ccc2ccccc2c1. The molecule has 0 bridgehead atoms. The molecule has 20 heavy (non-hydrogen) atoms. The number of aromatic amines is 1. The number of rotatable bonds is 5. The van der Waals surface area contributed by atoms with E-state index in [0.29, 0.717) is 0 Å². The van der Waals surface area contributed by atoms with Crippen LogP contribution < -0.4 is 0 Å². The number of hydrogen-bond acceptors (Lipinski definition) is 2. The predicted octanol–water partition coefficient (Wildman–Crippen LogP) is 3.88. The molecule has 0 saturated heterocycles. The summed E-state index contributed by atoms with van der Waals surface area (Å²) in [7, 11) is 1.77. The van der Waals surface area contributed by atoms with Crippen molar-refractivity contribution in [2.24, 2.45) is 0 Å². The lowest BCUT2D eigenvalue weighted by Crippen LogP contribution is -2.04. The Hall–Kier alpha value is -2.13. The Labute approximate surface area is 118 Å². The van der Waals surface area contributed by atoms with E-state index in [9.17, 15) is 0 Å². The van der Waals surface area contributed by atoms with Gasteiger partial charge in [0.2, 0.25) is 0 Å². The summed E-state index contributed by atoms with van der Waals surface area (Å²) in [4.78, 5) is 7.39. The molecular weight excluding hydrogens is 248 g/mol. The van der Waals surface area contributed by atoms with Gasteiger partial charge in [-0.2, -0.15) is 0 Å². The van der Waals surface area contributed by atoms with E-state index < -0.39 is 0 Å². The Balaban J connectivity index is 1.79. The molecule has 0 amide bonds. The van der Waals surface area contributed by atoms with Gasteiger partial charge in [-0.3, -0.25) is 0 Å². The highest BCUT2D eigenvalue weighted by Gasteiger charge is 2.11. The second kappa shape index (κ2) is 5.88. The molecule has 0 spiro atoms. The molecule has 1 aromatic heterocycles. The predicted molar refractivity (Wildman–Crippen MR) is 80.6 cm³/mol. The Kier molecular flexibility index (Phi) is 3.79. The molecule has 2 aromatic carbocycles. The van der Waals surface area contributed by atoms with Gasteiger partial charge in [-0.15, -0.1) is 0 Å². The number of benzene rings is 2. The summed E-state index contributed by atoms with van der Waals surface area (Å²) in [6.07, 6.45) is 5.55. The minimum Gasteiger partial charge on any atom is -0.377 e. The average Bonchev–Trinajstić information content (AvgIpc) is 3.01. The average molecular weight is 266 g/mol. The van der Waals surface area contributed by atoms with Gasteiger partial charge in [0.25, 0.3) is 0 Å². The highest BCUT2D eigenvalue weighted by atomic mass is 16.5. The first-order valence-corrected chi connectivity index (χ1v) is 6.86. The second-order valence-corrected chi connectivity index (χ2v) is 4.91. The third kappa shape index (κ3) is 2.73. The molecule has 0 aliphatic rings. The number of fused-ring (bicyclic) bond motifs is 1. The standard InChI is InChI=1S/C17H18N2O/c1-20-16(8-9-17-18-10-11-19-17)15-7-6-13-4-2-3-5-14(13)12-15/h2-7,10-12,16H,8-9H2,1H3,(H,18,19). The summed E-state index contributed by atoms with van der Waals surface area (Å²) in [5, 5.41) is 2.52. The van der Waals surface area contributed by atoms with Gasteiger partial charge in [0.1, 0.15) is 5.82 Å². The lowest BCUT2D eigenvalue weighted by molar-refractivity contribution is 0.0956. The molecule has 0 saturated carbocycles. The van der Waals surface area contributed by atoms with Gasteiger partial charge in [0, 0.05) is 25.9 Å². The number of H-pyrrole nitrogens is 1. The van der Waals surface area contributed by atoms with Crippen LogP contribution in [0.1, 0.15) is 23.9 Å². The smallest absolute Gasteiger partial charge is 0.106 e. The Morgan fingerprint density at radius 3 is 2.75 bits per heavy atom. The van der Waals surface area contributed by atoms with Gasteiger partial charge in [-0.1, -0.05) is 36.4 Å². The maximum atomic E-state index is 5.64. The quantitative estimate of drug-likeness (QED) is 0.761. The van der Waals surface area contributed by atoms with E-state index in [1.165, 1.54) is 16.3 Å². The molecule has 3 aromatic rings. The van der Waals surface area contributed by atoms with E-state index in [2.05, 4.69) is 52.4 Å². The van der Waals surface area contributed by atoms with Crippen molar-refractivity contribution < 1.29 is 4.74 Å². The van der Waals surface area contributed by atoms with Crippen molar-refractivity contribution in [3.63, 3.8) is 0 Å². The van der Waals surface area contributed by atoms with Crippen LogP contribution in [0.5, 0.6) is 0 Å². The molecule has 0 aliphatic carbocycles. The van der Waals surface area contributed by atoms with Crippen molar-refractivity contribution in [3.05, 3.63) is 66.2 Å². The molecule has 0 fully saturated rings. The van der Waals surface area contributed by atoms with E-state index >= 15 is 0 Å². The van der Waals surface area contributed by atoms with Crippen LogP contribution in [0.2, 0.25) is 0 Å². The van der Waals surface area contributed by atoms with Gasteiger partial charge >= 0.3 is 0 Å². The zero-order valence-electron chi connectivity index (χ0n) is 11.5. The largest absolute Gasteiger partial charge is 0.377 e. The van der Waals surface area contributed by atoms with Crippen LogP contribution in [0.15, 0.2) is 54.9 Å². The Morgan fingerprint density at radius 2 is 2.00 bits per heavy atom. The maximum absolute atomic E-state index is 5.64. The second-order valence-electron chi connectivity index (χ2n) is 4.91. The van der Waals surface area contributed by atoms with E-state index in [-0.39, 0.29) is 6.10 Å². The number of methoxy groups -OCH3 is 1. The Bertz CT molecular complexity index is 676. The number of hydrogen-bond donors (Lipinski definition) is 1. The fourth-order valence-corrected chi connectivity index (χ4v) is 2.53. The first kappa shape index (κ1) is 12.9. The van der Waals surface area contributed by atoms with Crippen molar-refractivity contribution >= 4 is 10.8 Å². The van der Waals surface area contributed by atoms with E-state index in [0.717, 1.165) is 18.7 Å². The van der Waals surface area contributed by atoms with Gasteiger partial charge in [-0.05, 0) is 28.8 Å². The minimum absolute atomic E-state index is 0.102. The van der Waals surface area contributed by atoms with Crippen LogP contribution in [0.25, 0.3) is 10.8 Å². The third-order valence-corrected chi connectivity index (χ3v) is 3.63. The number of ether oxygens (including phenoxy) is 1. The summed E-state index contributed by atoms with van der Waals surface area (Å²) in [5.74, 6) is 1.01. The number of aromatic nitrogens is 2. The summed E-state index contributed by atoms with van der Waals surface area (Å²) >= 11 is 0. The first-order valence-electron chi connectivity index (χ1n) is 6.86. The molecule has 1 atom stereocenters. The van der Waals surface area contributed by atoms with Crippen molar-refractivity contribution in [2.75, 3.05) is 7.11 Å². The molecule has 3 heteroatoms. The van der Waals surface area contributed by atoms with Crippen LogP contribution in [0.3, 0.4) is 0 Å². The van der Waals surface area contributed by atoms with Crippen molar-refractivity contribution in [3.8, 4) is 0 Å². The van der Waals surface area contributed by atoms with Crippen molar-refractivity contribution in [2.45, 2.75) is 18.9 Å². The lowest BCUT2D eigenvalue weighted by Gasteiger charge is -2.16. The molecule has 102 valence electrons. The van der Waals surface area contributed by atoms with Gasteiger partial charge in [0.15, 0.2) is 0 Å². The van der Waals surface area contributed by atoms with Crippen molar-refractivity contribution in [1.29, 1.82) is 0 Å². The number of aryl methyl sites for hydroxylation is 1. The minimum atomic E-state index is 0.102. The Morgan fingerprint density at radius 1 is 1.15 bits per heavy atom. The molecule has 3 nitrogen and oxygen atoms in total. The third-order valence-electron chi connectivity index (χ3n) is 3.63. The summed E-state index contributed by atoms with van der Waals surface area (Å²) in [5.41, 5.74) is 1.22. The monoisotopic (exact) mass is 266 g/mol. The van der Waals surface area contributed by atoms with Crippen molar-refractivity contribution in [1.82, 2.24) is 9.97 Å². The lowest BCUT2D eigenvalue weighted by atomic mass is 10.0. The van der Waals surface area contributed by atoms with Gasteiger partial charge < -0.3 is 9.72 Å².